The Hall–Kier alpha value is -3.31. The van der Waals surface area contributed by atoms with Crippen molar-refractivity contribution in [2.75, 3.05) is 13.6 Å². The predicted molar refractivity (Wildman–Crippen MR) is 113 cm³/mol. The minimum atomic E-state index is -1.56. The van der Waals surface area contributed by atoms with Crippen molar-refractivity contribution < 1.29 is 18.8 Å². The molecule has 31 heavy (non-hydrogen) atoms. The van der Waals surface area contributed by atoms with Crippen molar-refractivity contribution in [3.8, 4) is 0 Å². The number of ketones is 3. The van der Waals surface area contributed by atoms with Crippen molar-refractivity contribution in [3.63, 3.8) is 0 Å². The van der Waals surface area contributed by atoms with Gasteiger partial charge in [-0.2, -0.15) is 0 Å². The molecule has 0 unspecified atom stereocenters. The average molecular weight is 411 g/mol. The number of hydrogen-bond donors (Lipinski definition) is 0. The molecule has 0 N–H and O–H groups in total. The summed E-state index contributed by atoms with van der Waals surface area (Å²) in [7, 11) is 1.79. The third-order valence-corrected chi connectivity index (χ3v) is 7.69. The lowest BCUT2D eigenvalue weighted by atomic mass is 9.54. The molecule has 1 fully saturated rings. The minimum absolute atomic E-state index is 0.130. The van der Waals surface area contributed by atoms with Crippen LogP contribution in [0.25, 0.3) is 0 Å². The summed E-state index contributed by atoms with van der Waals surface area (Å²) in [6, 6.07) is 18.1. The molecule has 0 saturated carbocycles. The molecule has 0 bridgehead atoms. The molecule has 154 valence electrons. The number of fused-ring (bicyclic) bond motifs is 3. The molecule has 1 aromatic heterocycles. The number of benzene rings is 2. The number of likely N-dealkylation sites (N-methyl/N-ethyl adjacent to an activating group) is 1. The molecular formula is C26H21NO4. The Morgan fingerprint density at radius 3 is 2.13 bits per heavy atom. The van der Waals surface area contributed by atoms with E-state index >= 15 is 0 Å². The summed E-state index contributed by atoms with van der Waals surface area (Å²) in [5.74, 6) is -0.409. The fourth-order valence-electron chi connectivity index (χ4n) is 6.43. The van der Waals surface area contributed by atoms with Crippen LogP contribution >= 0.6 is 0 Å². The third kappa shape index (κ3) is 1.98. The molecule has 2 heterocycles. The van der Waals surface area contributed by atoms with Crippen molar-refractivity contribution in [3.05, 3.63) is 94.9 Å². The van der Waals surface area contributed by atoms with Crippen LogP contribution in [0.2, 0.25) is 0 Å². The second-order valence-corrected chi connectivity index (χ2v) is 8.82. The van der Waals surface area contributed by atoms with Gasteiger partial charge in [-0.3, -0.25) is 19.3 Å². The first-order chi connectivity index (χ1) is 15.0. The van der Waals surface area contributed by atoms with Crippen LogP contribution in [0.15, 0.2) is 71.3 Å². The highest BCUT2D eigenvalue weighted by molar-refractivity contribution is 6.36. The molecule has 5 heteroatoms. The summed E-state index contributed by atoms with van der Waals surface area (Å²) in [4.78, 5) is 44.2. The normalized spacial score (nSPS) is 26.6. The Labute approximate surface area is 179 Å². The second-order valence-electron chi connectivity index (χ2n) is 8.82. The van der Waals surface area contributed by atoms with Crippen LogP contribution in [0.5, 0.6) is 0 Å². The van der Waals surface area contributed by atoms with E-state index in [-0.39, 0.29) is 17.3 Å². The third-order valence-electron chi connectivity index (χ3n) is 7.69. The molecule has 0 radical (unpaired) electrons. The topological polar surface area (TPSA) is 67.6 Å². The molecule has 2 spiro atoms. The van der Waals surface area contributed by atoms with Crippen LogP contribution in [0.4, 0.5) is 0 Å². The molecule has 1 saturated heterocycles. The van der Waals surface area contributed by atoms with Crippen LogP contribution in [0.3, 0.4) is 0 Å². The van der Waals surface area contributed by atoms with E-state index in [1.54, 1.807) is 43.6 Å². The van der Waals surface area contributed by atoms with E-state index in [9.17, 15) is 14.4 Å². The summed E-state index contributed by atoms with van der Waals surface area (Å²) in [5.41, 5.74) is -0.385. The number of carbonyl (C=O) groups excluding carboxylic acids is 3. The van der Waals surface area contributed by atoms with E-state index in [1.165, 1.54) is 0 Å². The van der Waals surface area contributed by atoms with Gasteiger partial charge in [0.15, 0.2) is 22.9 Å². The van der Waals surface area contributed by atoms with Gasteiger partial charge in [-0.15, -0.1) is 0 Å². The monoisotopic (exact) mass is 411 g/mol. The summed E-state index contributed by atoms with van der Waals surface area (Å²) >= 11 is 0. The molecule has 2 aliphatic carbocycles. The highest BCUT2D eigenvalue weighted by atomic mass is 16.3. The van der Waals surface area contributed by atoms with Gasteiger partial charge < -0.3 is 4.42 Å². The molecule has 1 aliphatic heterocycles. The van der Waals surface area contributed by atoms with Gasteiger partial charge >= 0.3 is 0 Å². The number of nitrogens with zero attached hydrogens (tertiary/aromatic N) is 1. The standard InChI is InChI=1S/C26H21NO4/c1-27-15-20(21-11-6-14-31-21)25(13-12-16-7-2-3-8-17(16)22(25)28)26(27)23(29)18-9-4-5-10-19(18)24(26)30/h2-11,14,20H,12-13,15H2,1H3/t20-,25+/m0/s1. The molecule has 3 aromatic rings. The second kappa shape index (κ2) is 6.11. The number of rotatable bonds is 1. The molecule has 5 nitrogen and oxygen atoms in total. The van der Waals surface area contributed by atoms with Gasteiger partial charge in [0, 0.05) is 29.2 Å². The smallest absolute Gasteiger partial charge is 0.192 e. The van der Waals surface area contributed by atoms with Crippen LogP contribution in [-0.2, 0) is 6.42 Å². The zero-order chi connectivity index (χ0) is 21.4. The zero-order valence-electron chi connectivity index (χ0n) is 17.1. The summed E-state index contributed by atoms with van der Waals surface area (Å²) in [5, 5.41) is 0. The molecule has 2 aromatic carbocycles. The Morgan fingerprint density at radius 2 is 1.48 bits per heavy atom. The Morgan fingerprint density at radius 1 is 0.839 bits per heavy atom. The van der Waals surface area contributed by atoms with E-state index in [1.807, 2.05) is 35.2 Å². The molecular weight excluding hydrogens is 390 g/mol. The summed E-state index contributed by atoms with van der Waals surface area (Å²) < 4.78 is 5.78. The maximum Gasteiger partial charge on any atom is 0.192 e. The highest BCUT2D eigenvalue weighted by Gasteiger charge is 2.76. The zero-order valence-corrected chi connectivity index (χ0v) is 17.1. The SMILES string of the molecule is CN1C[C@@H](c2ccco2)[C@@]2(CCc3ccccc3C2=O)C12C(=O)c1ccccc1C2=O. The summed E-state index contributed by atoms with van der Waals surface area (Å²) in [6.07, 6.45) is 2.64. The first-order valence-electron chi connectivity index (χ1n) is 10.6. The van der Waals surface area contributed by atoms with Crippen molar-refractivity contribution >= 4 is 17.3 Å². The van der Waals surface area contributed by atoms with Gasteiger partial charge in [0.25, 0.3) is 0 Å². The number of hydrogen-bond acceptors (Lipinski definition) is 5. The molecule has 6 rings (SSSR count). The van der Waals surface area contributed by atoms with E-state index in [2.05, 4.69) is 0 Å². The number of carbonyl (C=O) groups is 3. The van der Waals surface area contributed by atoms with Gasteiger partial charge in [0.05, 0.1) is 11.7 Å². The summed E-state index contributed by atoms with van der Waals surface area (Å²) in [6.45, 7) is 0.396. The van der Waals surface area contributed by atoms with Crippen molar-refractivity contribution in [1.29, 1.82) is 0 Å². The lowest BCUT2D eigenvalue weighted by molar-refractivity contribution is 0.0273. The number of aryl methyl sites for hydroxylation is 1. The lowest BCUT2D eigenvalue weighted by Crippen LogP contribution is -2.65. The Balaban J connectivity index is 1.67. The van der Waals surface area contributed by atoms with Crippen LogP contribution < -0.4 is 0 Å². The largest absolute Gasteiger partial charge is 0.469 e. The van der Waals surface area contributed by atoms with Gasteiger partial charge in [-0.05, 0) is 37.6 Å². The minimum Gasteiger partial charge on any atom is -0.469 e. The van der Waals surface area contributed by atoms with Crippen molar-refractivity contribution in [2.24, 2.45) is 5.41 Å². The number of likely N-dealkylation sites (tertiary alicyclic amines) is 1. The van der Waals surface area contributed by atoms with Crippen molar-refractivity contribution in [2.45, 2.75) is 24.3 Å². The molecule has 0 amide bonds. The number of furan rings is 1. The first-order valence-corrected chi connectivity index (χ1v) is 10.6. The van der Waals surface area contributed by atoms with Gasteiger partial charge in [-0.25, -0.2) is 0 Å². The quantitative estimate of drug-likeness (QED) is 0.568. The van der Waals surface area contributed by atoms with Crippen LogP contribution in [0, 0.1) is 5.41 Å². The van der Waals surface area contributed by atoms with Gasteiger partial charge in [0.2, 0.25) is 0 Å². The maximum atomic E-state index is 14.3. The van der Waals surface area contributed by atoms with E-state index < -0.39 is 16.9 Å². The van der Waals surface area contributed by atoms with E-state index in [4.69, 9.17) is 4.42 Å². The highest BCUT2D eigenvalue weighted by Crippen LogP contribution is 2.62. The molecule has 2 atom stereocenters. The predicted octanol–water partition coefficient (Wildman–Crippen LogP) is 3.94. The average Bonchev–Trinajstić information content (AvgIpc) is 3.46. The van der Waals surface area contributed by atoms with Gasteiger partial charge in [-0.1, -0.05) is 48.5 Å². The number of Topliss-reactive ketones (excluding diaryl/α,β-unsaturated/α-hetero) is 3. The maximum absolute atomic E-state index is 14.3. The lowest BCUT2D eigenvalue weighted by Gasteiger charge is -2.46. The van der Waals surface area contributed by atoms with Gasteiger partial charge in [0.1, 0.15) is 5.76 Å². The fraction of sp³-hybridized carbons (Fsp3) is 0.269. The van der Waals surface area contributed by atoms with E-state index in [0.717, 1.165) is 5.56 Å². The van der Waals surface area contributed by atoms with Crippen molar-refractivity contribution in [1.82, 2.24) is 4.90 Å². The fourth-order valence-corrected chi connectivity index (χ4v) is 6.43. The van der Waals surface area contributed by atoms with E-state index in [0.29, 0.717) is 41.8 Å². The molecule has 3 aliphatic rings. The van der Waals surface area contributed by atoms with Crippen LogP contribution in [0.1, 0.15) is 54.7 Å². The Bertz CT molecular complexity index is 1220. The van der Waals surface area contributed by atoms with Crippen LogP contribution in [-0.4, -0.2) is 41.4 Å². The Kier molecular flexibility index (Phi) is 3.64. The first kappa shape index (κ1) is 18.5.